The molecule has 2 aromatic carbocycles. The second-order valence-electron chi connectivity index (χ2n) is 5.22. The number of pyridine rings is 1. The summed E-state index contributed by atoms with van der Waals surface area (Å²) in [4.78, 5) is 16.6. The number of aromatic nitrogens is 1. The van der Waals surface area contributed by atoms with Crippen molar-refractivity contribution >= 4 is 23.1 Å². The van der Waals surface area contributed by atoms with Gasteiger partial charge in [0.05, 0.1) is 24.6 Å². The Morgan fingerprint density at radius 1 is 1.00 bits per heavy atom. The number of hydrogen-bond acceptors (Lipinski definition) is 4. The van der Waals surface area contributed by atoms with E-state index in [-0.39, 0.29) is 11.7 Å². The van der Waals surface area contributed by atoms with Gasteiger partial charge in [-0.25, -0.2) is 9.37 Å². The minimum Gasteiger partial charge on any atom is -0.496 e. The lowest BCUT2D eigenvalue weighted by Crippen LogP contribution is -2.13. The van der Waals surface area contributed by atoms with Crippen molar-refractivity contribution in [3.8, 4) is 5.75 Å². The third kappa shape index (κ3) is 4.11. The van der Waals surface area contributed by atoms with E-state index in [1.54, 1.807) is 54.7 Å². The SMILES string of the molecule is COc1ccccc1C(=O)Nc1ccc(Nc2ccc(F)cc2)nc1. The van der Waals surface area contributed by atoms with Gasteiger partial charge in [0, 0.05) is 5.69 Å². The Bertz CT molecular complexity index is 865. The molecule has 0 aliphatic carbocycles. The molecule has 0 fully saturated rings. The molecule has 3 rings (SSSR count). The first-order valence-electron chi connectivity index (χ1n) is 7.59. The minimum absolute atomic E-state index is 0.279. The molecule has 126 valence electrons. The van der Waals surface area contributed by atoms with Gasteiger partial charge in [-0.3, -0.25) is 4.79 Å². The van der Waals surface area contributed by atoms with E-state index in [4.69, 9.17) is 4.74 Å². The molecule has 0 aliphatic heterocycles. The van der Waals surface area contributed by atoms with Crippen LogP contribution in [0.3, 0.4) is 0 Å². The number of methoxy groups -OCH3 is 1. The Hall–Kier alpha value is -3.41. The fourth-order valence-corrected chi connectivity index (χ4v) is 2.25. The average Bonchev–Trinajstić information content (AvgIpc) is 2.65. The number of para-hydroxylation sites is 1. The van der Waals surface area contributed by atoms with Gasteiger partial charge in [0.2, 0.25) is 0 Å². The van der Waals surface area contributed by atoms with Gasteiger partial charge < -0.3 is 15.4 Å². The molecular formula is C19H16FN3O2. The first-order valence-corrected chi connectivity index (χ1v) is 7.59. The highest BCUT2D eigenvalue weighted by Gasteiger charge is 2.11. The summed E-state index contributed by atoms with van der Waals surface area (Å²) in [7, 11) is 1.52. The Morgan fingerprint density at radius 3 is 2.40 bits per heavy atom. The number of carbonyl (C=O) groups excluding carboxylic acids is 1. The summed E-state index contributed by atoms with van der Waals surface area (Å²) >= 11 is 0. The molecule has 0 unspecified atom stereocenters. The number of hydrogen-bond donors (Lipinski definition) is 2. The van der Waals surface area contributed by atoms with E-state index in [1.165, 1.54) is 19.2 Å². The van der Waals surface area contributed by atoms with Crippen molar-refractivity contribution in [3.63, 3.8) is 0 Å². The summed E-state index contributed by atoms with van der Waals surface area (Å²) in [6.45, 7) is 0. The Balaban J connectivity index is 1.68. The quantitative estimate of drug-likeness (QED) is 0.731. The van der Waals surface area contributed by atoms with Crippen LogP contribution in [-0.2, 0) is 0 Å². The Labute approximate surface area is 144 Å². The number of nitrogens with zero attached hydrogens (tertiary/aromatic N) is 1. The third-order valence-corrected chi connectivity index (χ3v) is 3.49. The van der Waals surface area contributed by atoms with Crippen LogP contribution >= 0.6 is 0 Å². The molecule has 0 radical (unpaired) electrons. The Kier molecular flexibility index (Phi) is 4.89. The molecule has 1 heterocycles. The van der Waals surface area contributed by atoms with Crippen LogP contribution in [-0.4, -0.2) is 18.0 Å². The van der Waals surface area contributed by atoms with E-state index < -0.39 is 0 Å². The summed E-state index contributed by atoms with van der Waals surface area (Å²) in [5.41, 5.74) is 1.72. The average molecular weight is 337 g/mol. The molecule has 0 saturated heterocycles. The molecule has 1 amide bonds. The summed E-state index contributed by atoms with van der Waals surface area (Å²) in [5, 5.41) is 5.82. The van der Waals surface area contributed by atoms with E-state index in [0.29, 0.717) is 22.8 Å². The van der Waals surface area contributed by atoms with Crippen molar-refractivity contribution < 1.29 is 13.9 Å². The van der Waals surface area contributed by atoms with Crippen molar-refractivity contribution in [2.45, 2.75) is 0 Å². The topological polar surface area (TPSA) is 63.2 Å². The van der Waals surface area contributed by atoms with Crippen molar-refractivity contribution in [1.82, 2.24) is 4.98 Å². The standard InChI is InChI=1S/C19H16FN3O2/c1-25-17-5-3-2-4-16(17)19(24)23-15-10-11-18(21-12-15)22-14-8-6-13(20)7-9-14/h2-12H,1H3,(H,21,22)(H,23,24). The van der Waals surface area contributed by atoms with Crippen LogP contribution in [0.1, 0.15) is 10.4 Å². The fraction of sp³-hybridized carbons (Fsp3) is 0.0526. The van der Waals surface area contributed by atoms with Gasteiger partial charge in [0.15, 0.2) is 0 Å². The zero-order chi connectivity index (χ0) is 17.6. The molecule has 1 aromatic heterocycles. The van der Waals surface area contributed by atoms with Crippen LogP contribution in [0.25, 0.3) is 0 Å². The molecular weight excluding hydrogens is 321 g/mol. The van der Waals surface area contributed by atoms with E-state index in [9.17, 15) is 9.18 Å². The van der Waals surface area contributed by atoms with E-state index >= 15 is 0 Å². The smallest absolute Gasteiger partial charge is 0.259 e. The van der Waals surface area contributed by atoms with Gasteiger partial charge in [-0.15, -0.1) is 0 Å². The fourth-order valence-electron chi connectivity index (χ4n) is 2.25. The third-order valence-electron chi connectivity index (χ3n) is 3.49. The summed E-state index contributed by atoms with van der Waals surface area (Å²) in [6, 6.07) is 16.4. The number of nitrogens with one attached hydrogen (secondary N) is 2. The van der Waals surface area contributed by atoms with Crippen LogP contribution < -0.4 is 15.4 Å². The molecule has 0 bridgehead atoms. The number of rotatable bonds is 5. The maximum Gasteiger partial charge on any atom is 0.259 e. The normalized spacial score (nSPS) is 10.2. The molecule has 2 N–H and O–H groups in total. The second-order valence-corrected chi connectivity index (χ2v) is 5.22. The van der Waals surface area contributed by atoms with Gasteiger partial charge in [0.1, 0.15) is 17.4 Å². The first-order chi connectivity index (χ1) is 12.2. The zero-order valence-corrected chi connectivity index (χ0v) is 13.5. The zero-order valence-electron chi connectivity index (χ0n) is 13.5. The largest absolute Gasteiger partial charge is 0.496 e. The molecule has 0 aliphatic rings. The van der Waals surface area contributed by atoms with Gasteiger partial charge in [-0.1, -0.05) is 12.1 Å². The lowest BCUT2D eigenvalue weighted by molar-refractivity contribution is 0.102. The number of benzene rings is 2. The number of amides is 1. The minimum atomic E-state index is -0.298. The van der Waals surface area contributed by atoms with Gasteiger partial charge in [0.25, 0.3) is 5.91 Å². The van der Waals surface area contributed by atoms with E-state index in [2.05, 4.69) is 15.6 Å². The predicted octanol–water partition coefficient (Wildman–Crippen LogP) is 4.23. The van der Waals surface area contributed by atoms with Gasteiger partial charge >= 0.3 is 0 Å². The van der Waals surface area contributed by atoms with Crippen molar-refractivity contribution in [2.75, 3.05) is 17.7 Å². The number of halogens is 1. The predicted molar refractivity (Wildman–Crippen MR) is 94.9 cm³/mol. The maximum atomic E-state index is 12.9. The lowest BCUT2D eigenvalue weighted by atomic mass is 10.2. The van der Waals surface area contributed by atoms with Crippen LogP contribution in [0, 0.1) is 5.82 Å². The highest BCUT2D eigenvalue weighted by atomic mass is 19.1. The molecule has 25 heavy (non-hydrogen) atoms. The second kappa shape index (κ2) is 7.44. The molecule has 5 nitrogen and oxygen atoms in total. The maximum absolute atomic E-state index is 12.9. The Morgan fingerprint density at radius 2 is 1.72 bits per heavy atom. The van der Waals surface area contributed by atoms with Crippen molar-refractivity contribution in [3.05, 3.63) is 78.2 Å². The highest BCUT2D eigenvalue weighted by Crippen LogP contribution is 2.20. The lowest BCUT2D eigenvalue weighted by Gasteiger charge is -2.10. The highest BCUT2D eigenvalue weighted by molar-refractivity contribution is 6.06. The number of carbonyl (C=O) groups is 1. The molecule has 0 saturated carbocycles. The monoisotopic (exact) mass is 337 g/mol. The number of ether oxygens (including phenoxy) is 1. The van der Waals surface area contributed by atoms with E-state index in [0.717, 1.165) is 5.69 Å². The van der Waals surface area contributed by atoms with Gasteiger partial charge in [-0.2, -0.15) is 0 Å². The summed E-state index contributed by atoms with van der Waals surface area (Å²) < 4.78 is 18.1. The van der Waals surface area contributed by atoms with Crippen LogP contribution in [0.2, 0.25) is 0 Å². The number of anilines is 3. The first kappa shape index (κ1) is 16.4. The van der Waals surface area contributed by atoms with Crippen LogP contribution in [0.4, 0.5) is 21.6 Å². The van der Waals surface area contributed by atoms with Gasteiger partial charge in [-0.05, 0) is 48.5 Å². The van der Waals surface area contributed by atoms with E-state index in [1.807, 2.05) is 0 Å². The van der Waals surface area contributed by atoms with Crippen LogP contribution in [0.15, 0.2) is 66.9 Å². The molecule has 0 atom stereocenters. The van der Waals surface area contributed by atoms with Crippen molar-refractivity contribution in [1.29, 1.82) is 0 Å². The van der Waals surface area contributed by atoms with Crippen LogP contribution in [0.5, 0.6) is 5.75 Å². The molecule has 0 spiro atoms. The molecule has 3 aromatic rings. The molecule has 6 heteroatoms. The van der Waals surface area contributed by atoms with Crippen molar-refractivity contribution in [2.24, 2.45) is 0 Å². The summed E-state index contributed by atoms with van der Waals surface area (Å²) in [6.07, 6.45) is 1.54. The summed E-state index contributed by atoms with van der Waals surface area (Å²) in [5.74, 6) is 0.510.